The fourth-order valence-electron chi connectivity index (χ4n) is 3.10. The lowest BCUT2D eigenvalue weighted by Gasteiger charge is -2.38. The van der Waals surface area contributed by atoms with Crippen LogP contribution in [0.4, 0.5) is 0 Å². The molecule has 0 saturated carbocycles. The van der Waals surface area contributed by atoms with E-state index in [9.17, 15) is 4.79 Å². The van der Waals surface area contributed by atoms with Gasteiger partial charge in [-0.1, -0.05) is 6.92 Å². The molecule has 0 aromatic rings. The zero-order chi connectivity index (χ0) is 10.1. The van der Waals surface area contributed by atoms with Gasteiger partial charge in [0.1, 0.15) is 0 Å². The summed E-state index contributed by atoms with van der Waals surface area (Å²) in [7, 11) is 0. The van der Waals surface area contributed by atoms with Crippen LogP contribution in [0.3, 0.4) is 0 Å². The third-order valence-electron chi connectivity index (χ3n) is 3.92. The van der Waals surface area contributed by atoms with Gasteiger partial charge in [0.15, 0.2) is 0 Å². The van der Waals surface area contributed by atoms with Gasteiger partial charge < -0.3 is 10.0 Å². The molecule has 2 heterocycles. The molecule has 2 rings (SSSR count). The van der Waals surface area contributed by atoms with Crippen molar-refractivity contribution in [2.45, 2.75) is 38.6 Å². The first-order valence-corrected chi connectivity index (χ1v) is 5.67. The van der Waals surface area contributed by atoms with Gasteiger partial charge in [0.2, 0.25) is 0 Å². The van der Waals surface area contributed by atoms with Crippen molar-refractivity contribution in [2.75, 3.05) is 13.1 Å². The van der Waals surface area contributed by atoms with E-state index in [0.717, 1.165) is 6.42 Å². The van der Waals surface area contributed by atoms with Crippen LogP contribution < -0.4 is 0 Å². The highest BCUT2D eigenvalue weighted by molar-refractivity contribution is 5.70. The van der Waals surface area contributed by atoms with Gasteiger partial charge in [-0.15, -0.1) is 0 Å². The zero-order valence-corrected chi connectivity index (χ0v) is 8.78. The molecule has 0 aliphatic carbocycles. The third kappa shape index (κ3) is 1.65. The van der Waals surface area contributed by atoms with Gasteiger partial charge in [-0.25, -0.2) is 0 Å². The normalized spacial score (nSPS) is 35.2. The molecule has 2 fully saturated rings. The van der Waals surface area contributed by atoms with E-state index in [2.05, 4.69) is 4.90 Å². The van der Waals surface area contributed by atoms with Gasteiger partial charge in [0, 0.05) is 6.04 Å². The fourth-order valence-corrected chi connectivity index (χ4v) is 3.10. The molecule has 0 bridgehead atoms. The Kier molecular flexibility index (Phi) is 2.77. The number of aliphatic carboxylic acids is 1. The Labute approximate surface area is 85.1 Å². The summed E-state index contributed by atoms with van der Waals surface area (Å²) in [6.07, 6.45) is 4.75. The van der Waals surface area contributed by atoms with Gasteiger partial charge in [-0.05, 0) is 44.7 Å². The van der Waals surface area contributed by atoms with Crippen molar-refractivity contribution in [1.82, 2.24) is 4.90 Å². The lowest BCUT2D eigenvalue weighted by Crippen LogP contribution is -2.44. The molecule has 3 unspecified atom stereocenters. The largest absolute Gasteiger partial charge is 0.481 e. The van der Waals surface area contributed by atoms with Crippen molar-refractivity contribution < 1.29 is 9.90 Å². The number of hydrogen-bond donors (Lipinski definition) is 1. The minimum Gasteiger partial charge on any atom is -0.481 e. The van der Waals surface area contributed by atoms with Crippen LogP contribution in [0, 0.1) is 11.8 Å². The second-order valence-corrected chi connectivity index (χ2v) is 4.68. The average Bonchev–Trinajstić information content (AvgIpc) is 2.63. The summed E-state index contributed by atoms with van der Waals surface area (Å²) in [5, 5.41) is 9.04. The van der Waals surface area contributed by atoms with Crippen molar-refractivity contribution in [3.05, 3.63) is 0 Å². The first kappa shape index (κ1) is 9.97. The summed E-state index contributed by atoms with van der Waals surface area (Å²) in [6.45, 7) is 4.25. The van der Waals surface area contributed by atoms with E-state index in [0.29, 0.717) is 12.0 Å². The number of carbonyl (C=O) groups is 1. The van der Waals surface area contributed by atoms with Crippen molar-refractivity contribution in [1.29, 1.82) is 0 Å². The van der Waals surface area contributed by atoms with Crippen molar-refractivity contribution in [3.63, 3.8) is 0 Å². The molecule has 0 amide bonds. The maximum atomic E-state index is 11.0. The summed E-state index contributed by atoms with van der Waals surface area (Å²) in [5.41, 5.74) is 0. The summed E-state index contributed by atoms with van der Waals surface area (Å²) < 4.78 is 0. The number of carboxylic acid groups (broad SMARTS) is 1. The van der Waals surface area contributed by atoms with Gasteiger partial charge in [0.05, 0.1) is 5.92 Å². The topological polar surface area (TPSA) is 40.5 Å². The Hall–Kier alpha value is -0.570. The number of nitrogens with zero attached hydrogens (tertiary/aromatic N) is 1. The van der Waals surface area contributed by atoms with Crippen LogP contribution in [0.2, 0.25) is 0 Å². The van der Waals surface area contributed by atoms with E-state index >= 15 is 0 Å². The highest BCUT2D eigenvalue weighted by atomic mass is 16.4. The van der Waals surface area contributed by atoms with Crippen molar-refractivity contribution >= 4 is 5.97 Å². The maximum absolute atomic E-state index is 11.0. The lowest BCUT2D eigenvalue weighted by molar-refractivity contribution is -0.144. The Balaban J connectivity index is 2.06. The molecular weight excluding hydrogens is 178 g/mol. The molecule has 14 heavy (non-hydrogen) atoms. The van der Waals surface area contributed by atoms with Gasteiger partial charge in [-0.2, -0.15) is 0 Å². The second kappa shape index (κ2) is 3.89. The van der Waals surface area contributed by atoms with Crippen LogP contribution in [0.25, 0.3) is 0 Å². The first-order valence-electron chi connectivity index (χ1n) is 5.67. The average molecular weight is 197 g/mol. The van der Waals surface area contributed by atoms with Crippen LogP contribution in [0.1, 0.15) is 32.6 Å². The molecule has 2 aliphatic heterocycles. The maximum Gasteiger partial charge on any atom is 0.306 e. The summed E-state index contributed by atoms with van der Waals surface area (Å²) in [4.78, 5) is 13.5. The van der Waals surface area contributed by atoms with Crippen LogP contribution >= 0.6 is 0 Å². The van der Waals surface area contributed by atoms with Crippen LogP contribution in [0.15, 0.2) is 0 Å². The van der Waals surface area contributed by atoms with Crippen LogP contribution in [-0.2, 0) is 4.79 Å². The first-order chi connectivity index (χ1) is 6.70. The summed E-state index contributed by atoms with van der Waals surface area (Å²) in [5.74, 6) is -0.395. The number of piperidine rings is 1. The molecule has 0 aromatic heterocycles. The summed E-state index contributed by atoms with van der Waals surface area (Å²) in [6, 6.07) is 0.565. The SMILES string of the molecule is CC(C(=O)O)C1CCCN2CCCC12. The zero-order valence-electron chi connectivity index (χ0n) is 8.78. The number of hydrogen-bond acceptors (Lipinski definition) is 2. The molecule has 3 atom stereocenters. The Morgan fingerprint density at radius 1 is 1.36 bits per heavy atom. The molecule has 1 N–H and O–H groups in total. The minimum atomic E-state index is -0.622. The molecule has 2 aliphatic rings. The molecule has 80 valence electrons. The number of fused-ring (bicyclic) bond motifs is 1. The molecular formula is C11H19NO2. The van der Waals surface area contributed by atoms with Crippen LogP contribution in [-0.4, -0.2) is 35.1 Å². The fraction of sp³-hybridized carbons (Fsp3) is 0.909. The molecule has 3 heteroatoms. The number of carboxylic acids is 1. The van der Waals surface area contributed by atoms with Crippen LogP contribution in [0.5, 0.6) is 0 Å². The summed E-state index contributed by atoms with van der Waals surface area (Å²) >= 11 is 0. The molecule has 3 nitrogen and oxygen atoms in total. The molecule has 0 spiro atoms. The molecule has 0 radical (unpaired) electrons. The number of rotatable bonds is 2. The van der Waals surface area contributed by atoms with E-state index in [-0.39, 0.29) is 5.92 Å². The minimum absolute atomic E-state index is 0.166. The predicted octanol–water partition coefficient (Wildman–Crippen LogP) is 1.58. The van der Waals surface area contributed by atoms with Crippen molar-refractivity contribution in [2.24, 2.45) is 11.8 Å². The van der Waals surface area contributed by atoms with E-state index in [4.69, 9.17) is 5.11 Å². The lowest BCUT2D eigenvalue weighted by atomic mass is 9.80. The van der Waals surface area contributed by atoms with E-state index in [1.54, 1.807) is 0 Å². The Morgan fingerprint density at radius 3 is 2.64 bits per heavy atom. The Bertz CT molecular complexity index is 229. The molecule has 2 saturated heterocycles. The smallest absolute Gasteiger partial charge is 0.306 e. The van der Waals surface area contributed by atoms with Crippen molar-refractivity contribution in [3.8, 4) is 0 Å². The van der Waals surface area contributed by atoms with Gasteiger partial charge in [0.25, 0.3) is 0 Å². The highest BCUT2D eigenvalue weighted by Gasteiger charge is 2.39. The Morgan fingerprint density at radius 2 is 2.00 bits per heavy atom. The predicted molar refractivity (Wildman–Crippen MR) is 54.1 cm³/mol. The monoisotopic (exact) mass is 197 g/mol. The second-order valence-electron chi connectivity index (χ2n) is 4.68. The van der Waals surface area contributed by atoms with Gasteiger partial charge in [-0.3, -0.25) is 4.79 Å². The third-order valence-corrected chi connectivity index (χ3v) is 3.92. The van der Waals surface area contributed by atoms with E-state index in [1.165, 1.54) is 32.4 Å². The quantitative estimate of drug-likeness (QED) is 0.730. The standard InChI is InChI=1S/C11H19NO2/c1-8(11(13)14)9-4-2-6-12-7-3-5-10(9)12/h8-10H,2-7H2,1H3,(H,13,14). The molecule has 0 aromatic carbocycles. The van der Waals surface area contributed by atoms with E-state index in [1.807, 2.05) is 6.92 Å². The highest BCUT2D eigenvalue weighted by Crippen LogP contribution is 2.35. The van der Waals surface area contributed by atoms with E-state index < -0.39 is 5.97 Å². The van der Waals surface area contributed by atoms with Gasteiger partial charge >= 0.3 is 5.97 Å².